The standard InChI is InChI=1S/C37H56P4/c1-24-9-10-25(2)38(24)34-19-17-32(22-36(34)40-28(5)13-14-29(40)6)21-33-18-20-35(39-26(3)11-12-27(39)4)37(23-33)41-30(7)15-16-31(41)8/h17-20,22-31H,9-16,21H2,1-8H3/t24-,25-,26+,27+,28-,29-,30+,31+. The third kappa shape index (κ3) is 6.07. The molecule has 224 valence electrons. The first-order chi connectivity index (χ1) is 19.6. The van der Waals surface area contributed by atoms with Gasteiger partial charge in [0.15, 0.2) is 0 Å². The Morgan fingerprint density at radius 1 is 0.390 bits per heavy atom. The van der Waals surface area contributed by atoms with Gasteiger partial charge in [-0.05, 0) is 135 Å². The van der Waals surface area contributed by atoms with Gasteiger partial charge >= 0.3 is 0 Å². The molecule has 0 aromatic heterocycles. The Hall–Kier alpha value is 0.160. The van der Waals surface area contributed by atoms with E-state index >= 15 is 0 Å². The number of hydrogen-bond donors (Lipinski definition) is 0. The minimum absolute atomic E-state index is 0.0283. The molecule has 2 aromatic carbocycles. The second kappa shape index (κ2) is 12.9. The summed E-state index contributed by atoms with van der Waals surface area (Å²) in [6.07, 6.45) is 12.6. The third-order valence-corrected chi connectivity index (χ3v) is 25.2. The second-order valence-electron chi connectivity index (χ2n) is 14.6. The van der Waals surface area contributed by atoms with E-state index < -0.39 is 0 Å². The van der Waals surface area contributed by atoms with Crippen LogP contribution in [0.15, 0.2) is 36.4 Å². The highest BCUT2D eigenvalue weighted by atomic mass is 31.1. The molecule has 0 radical (unpaired) electrons. The zero-order chi connectivity index (χ0) is 29.0. The Kier molecular flexibility index (Phi) is 9.78. The summed E-state index contributed by atoms with van der Waals surface area (Å²) < 4.78 is 0. The molecule has 2 aromatic rings. The van der Waals surface area contributed by atoms with Crippen LogP contribution in [-0.2, 0) is 6.42 Å². The number of benzene rings is 2. The molecular weight excluding hydrogens is 568 g/mol. The topological polar surface area (TPSA) is 0 Å². The summed E-state index contributed by atoms with van der Waals surface area (Å²) in [4.78, 5) is 0. The minimum atomic E-state index is -0.0536. The zero-order valence-corrected chi connectivity index (χ0v) is 30.8. The molecule has 0 spiro atoms. The molecule has 8 atom stereocenters. The van der Waals surface area contributed by atoms with E-state index in [1.807, 2.05) is 21.2 Å². The Labute approximate surface area is 258 Å². The zero-order valence-electron chi connectivity index (χ0n) is 27.2. The van der Waals surface area contributed by atoms with Crippen molar-refractivity contribution in [3.63, 3.8) is 0 Å². The van der Waals surface area contributed by atoms with E-state index in [4.69, 9.17) is 0 Å². The van der Waals surface area contributed by atoms with Crippen molar-refractivity contribution in [2.24, 2.45) is 0 Å². The van der Waals surface area contributed by atoms with Crippen molar-refractivity contribution in [2.45, 2.75) is 158 Å². The maximum Gasteiger partial charge on any atom is -0.00253 e. The van der Waals surface area contributed by atoms with Crippen molar-refractivity contribution in [2.75, 3.05) is 0 Å². The molecule has 4 heteroatoms. The van der Waals surface area contributed by atoms with Crippen molar-refractivity contribution < 1.29 is 0 Å². The molecule has 0 aliphatic carbocycles. The van der Waals surface area contributed by atoms with Crippen molar-refractivity contribution in [3.05, 3.63) is 47.5 Å². The highest BCUT2D eigenvalue weighted by Crippen LogP contribution is 2.60. The van der Waals surface area contributed by atoms with Crippen LogP contribution >= 0.6 is 31.7 Å². The predicted molar refractivity (Wildman–Crippen MR) is 195 cm³/mol. The molecule has 4 heterocycles. The average molecular weight is 625 g/mol. The fraction of sp³-hybridized carbons (Fsp3) is 0.676. The summed E-state index contributed by atoms with van der Waals surface area (Å²) in [5.74, 6) is 0. The van der Waals surface area contributed by atoms with Gasteiger partial charge in [0.05, 0.1) is 0 Å². The Balaban J connectivity index is 1.38. The third-order valence-electron chi connectivity index (χ3n) is 11.4. The number of rotatable bonds is 6. The molecular formula is C37H56P4. The first-order valence-electron chi connectivity index (χ1n) is 17.0. The molecule has 0 saturated carbocycles. The van der Waals surface area contributed by atoms with Crippen molar-refractivity contribution >= 4 is 52.9 Å². The van der Waals surface area contributed by atoms with Crippen LogP contribution < -0.4 is 21.2 Å². The lowest BCUT2D eigenvalue weighted by Gasteiger charge is -2.31. The maximum atomic E-state index is 2.75. The van der Waals surface area contributed by atoms with E-state index in [-0.39, 0.29) is 31.7 Å². The van der Waals surface area contributed by atoms with Gasteiger partial charge in [-0.3, -0.25) is 0 Å². The summed E-state index contributed by atoms with van der Waals surface area (Å²) in [6, 6.07) is 15.9. The minimum Gasteiger partial charge on any atom is -0.0688 e. The molecule has 0 N–H and O–H groups in total. The van der Waals surface area contributed by atoms with Gasteiger partial charge in [-0.25, -0.2) is 0 Å². The molecule has 4 saturated heterocycles. The van der Waals surface area contributed by atoms with Crippen LogP contribution in [0.25, 0.3) is 0 Å². The molecule has 4 aliphatic rings. The van der Waals surface area contributed by atoms with Crippen LogP contribution in [0.1, 0.15) is 118 Å². The first kappa shape index (κ1) is 31.2. The number of hydrogen-bond acceptors (Lipinski definition) is 0. The molecule has 6 rings (SSSR count). The Bertz CT molecular complexity index is 1090. The van der Waals surface area contributed by atoms with E-state index in [0.717, 1.165) is 51.7 Å². The highest BCUT2D eigenvalue weighted by Gasteiger charge is 2.39. The van der Waals surface area contributed by atoms with Crippen LogP contribution in [-0.4, -0.2) is 45.3 Å². The smallest absolute Gasteiger partial charge is 0.00253 e. The van der Waals surface area contributed by atoms with Crippen molar-refractivity contribution in [1.29, 1.82) is 0 Å². The van der Waals surface area contributed by atoms with E-state index in [9.17, 15) is 0 Å². The van der Waals surface area contributed by atoms with E-state index in [0.29, 0.717) is 0 Å². The van der Waals surface area contributed by atoms with Gasteiger partial charge in [0, 0.05) is 0 Å². The van der Waals surface area contributed by atoms with Crippen LogP contribution in [0, 0.1) is 0 Å². The summed E-state index contributed by atoms with van der Waals surface area (Å²) in [5, 5.41) is 7.29. The summed E-state index contributed by atoms with van der Waals surface area (Å²) >= 11 is 0. The van der Waals surface area contributed by atoms with Gasteiger partial charge in [0.25, 0.3) is 0 Å². The quantitative estimate of drug-likeness (QED) is 0.281. The van der Waals surface area contributed by atoms with Gasteiger partial charge in [0.2, 0.25) is 0 Å². The van der Waals surface area contributed by atoms with Crippen LogP contribution in [0.5, 0.6) is 0 Å². The van der Waals surface area contributed by atoms with Gasteiger partial charge in [-0.2, -0.15) is 0 Å². The van der Waals surface area contributed by atoms with Gasteiger partial charge < -0.3 is 0 Å². The largest absolute Gasteiger partial charge is 0.0688 e. The van der Waals surface area contributed by atoms with E-state index in [2.05, 4.69) is 91.8 Å². The summed E-state index contributed by atoms with van der Waals surface area (Å²) in [6.45, 7) is 20.5. The van der Waals surface area contributed by atoms with Crippen LogP contribution in [0.2, 0.25) is 0 Å². The molecule has 0 nitrogen and oxygen atoms in total. The lowest BCUT2D eigenvalue weighted by Crippen LogP contribution is -2.30. The summed E-state index contributed by atoms with van der Waals surface area (Å²) in [5.41, 5.74) is 10.3. The molecule has 4 fully saturated rings. The predicted octanol–water partition coefficient (Wildman–Crippen LogP) is 9.99. The first-order valence-corrected chi connectivity index (χ1v) is 22.9. The Morgan fingerprint density at radius 2 is 0.634 bits per heavy atom. The molecule has 0 unspecified atom stereocenters. The fourth-order valence-corrected chi connectivity index (χ4v) is 23.7. The normalized spacial score (nSPS) is 35.7. The SMILES string of the molecule is C[C@@H]1CC[C@@H](C)P1c1ccc(Cc2ccc(P3[C@@H](C)CC[C@@H]3C)c(P3[C@@H](C)CC[C@@H]3C)c2)cc1P1[C@H](C)CC[C@H]1C. The summed E-state index contributed by atoms with van der Waals surface area (Å²) in [7, 11) is -0.164. The fourth-order valence-electron chi connectivity index (χ4n) is 9.12. The second-order valence-corrected chi connectivity index (χ2v) is 26.8. The molecule has 4 aliphatic heterocycles. The molecule has 41 heavy (non-hydrogen) atoms. The highest BCUT2D eigenvalue weighted by molar-refractivity contribution is 7.74. The molecule has 0 bridgehead atoms. The van der Waals surface area contributed by atoms with Crippen molar-refractivity contribution in [3.8, 4) is 0 Å². The van der Waals surface area contributed by atoms with E-state index in [1.165, 1.54) is 51.4 Å². The van der Waals surface area contributed by atoms with Crippen LogP contribution in [0.4, 0.5) is 0 Å². The van der Waals surface area contributed by atoms with Gasteiger partial charge in [0.1, 0.15) is 0 Å². The van der Waals surface area contributed by atoms with Crippen LogP contribution in [0.3, 0.4) is 0 Å². The lowest BCUT2D eigenvalue weighted by atomic mass is 10.1. The molecule has 0 amide bonds. The van der Waals surface area contributed by atoms with Gasteiger partial charge in [-0.1, -0.05) is 123 Å². The lowest BCUT2D eigenvalue weighted by molar-refractivity contribution is 0.777. The average Bonchev–Trinajstić information content (AvgIpc) is 3.66. The van der Waals surface area contributed by atoms with Crippen molar-refractivity contribution in [1.82, 2.24) is 0 Å². The van der Waals surface area contributed by atoms with Gasteiger partial charge in [-0.15, -0.1) is 0 Å². The van der Waals surface area contributed by atoms with E-state index in [1.54, 1.807) is 11.1 Å². The monoisotopic (exact) mass is 624 g/mol. The Morgan fingerprint density at radius 3 is 0.902 bits per heavy atom. The maximum absolute atomic E-state index is 2.75.